The lowest BCUT2D eigenvalue weighted by Crippen LogP contribution is -2.38. The van der Waals surface area contributed by atoms with Gasteiger partial charge in [-0.1, -0.05) is 24.3 Å². The number of hydrogen-bond acceptors (Lipinski definition) is 2. The van der Waals surface area contributed by atoms with Crippen molar-refractivity contribution in [2.45, 2.75) is 39.0 Å². The zero-order chi connectivity index (χ0) is 20.0. The van der Waals surface area contributed by atoms with Crippen LogP contribution in [0.3, 0.4) is 0 Å². The molecule has 7 heteroatoms. The summed E-state index contributed by atoms with van der Waals surface area (Å²) in [5, 5.41) is 5.45. The fourth-order valence-corrected chi connectivity index (χ4v) is 2.61. The molecule has 0 aliphatic carbocycles. The van der Waals surface area contributed by atoms with Crippen LogP contribution in [0.1, 0.15) is 49.5 Å². The van der Waals surface area contributed by atoms with Crippen LogP contribution >= 0.6 is 0 Å². The third-order valence-electron chi connectivity index (χ3n) is 4.10. The van der Waals surface area contributed by atoms with E-state index in [1.165, 1.54) is 6.07 Å². The highest BCUT2D eigenvalue weighted by atomic mass is 19.4. The Bertz CT molecular complexity index is 761. The molecule has 2 aromatic rings. The van der Waals surface area contributed by atoms with Crippen molar-refractivity contribution in [2.24, 2.45) is 0 Å². The number of benzene rings is 2. The maximum atomic E-state index is 12.8. The Morgan fingerprint density at radius 3 is 2.15 bits per heavy atom. The summed E-state index contributed by atoms with van der Waals surface area (Å²) in [5.41, 5.74) is 0.533. The van der Waals surface area contributed by atoms with Gasteiger partial charge in [-0.15, -0.1) is 0 Å². The number of nitrogens with one attached hydrogen (secondary N) is 2. The summed E-state index contributed by atoms with van der Waals surface area (Å²) >= 11 is 0. The summed E-state index contributed by atoms with van der Waals surface area (Å²) in [6.07, 6.45) is -4.42. The van der Waals surface area contributed by atoms with Crippen molar-refractivity contribution in [1.29, 1.82) is 0 Å². The second-order valence-corrected chi connectivity index (χ2v) is 6.19. The van der Waals surface area contributed by atoms with Crippen LogP contribution in [0.15, 0.2) is 48.5 Å². The lowest BCUT2D eigenvalue weighted by atomic mass is 10.0. The summed E-state index contributed by atoms with van der Waals surface area (Å²) in [4.78, 5) is 12.2. The van der Waals surface area contributed by atoms with E-state index >= 15 is 0 Å². The molecular formula is C20H23F3N2O2. The second-order valence-electron chi connectivity index (χ2n) is 6.19. The van der Waals surface area contributed by atoms with E-state index in [4.69, 9.17) is 4.74 Å². The van der Waals surface area contributed by atoms with Gasteiger partial charge in [0, 0.05) is 0 Å². The van der Waals surface area contributed by atoms with Crippen molar-refractivity contribution >= 4 is 6.03 Å². The molecule has 0 spiro atoms. The minimum absolute atomic E-state index is 0.269. The first-order chi connectivity index (χ1) is 12.7. The molecule has 2 atom stereocenters. The monoisotopic (exact) mass is 380 g/mol. The number of carbonyl (C=O) groups excluding carboxylic acids is 1. The van der Waals surface area contributed by atoms with Gasteiger partial charge in [0.25, 0.3) is 0 Å². The topological polar surface area (TPSA) is 50.4 Å². The van der Waals surface area contributed by atoms with E-state index in [1.807, 2.05) is 38.1 Å². The van der Waals surface area contributed by atoms with Crippen molar-refractivity contribution in [1.82, 2.24) is 10.6 Å². The molecule has 2 unspecified atom stereocenters. The van der Waals surface area contributed by atoms with Crippen LogP contribution in [0.25, 0.3) is 0 Å². The quantitative estimate of drug-likeness (QED) is 0.721. The first kappa shape index (κ1) is 20.6. The Labute approximate surface area is 156 Å². The number of carbonyl (C=O) groups is 1. The Hall–Kier alpha value is -2.70. The molecule has 0 aliphatic heterocycles. The average molecular weight is 380 g/mol. The third-order valence-corrected chi connectivity index (χ3v) is 4.10. The molecule has 2 aromatic carbocycles. The highest BCUT2D eigenvalue weighted by molar-refractivity contribution is 5.75. The molecule has 2 N–H and O–H groups in total. The fraction of sp³-hybridized carbons (Fsp3) is 0.350. The number of amides is 2. The van der Waals surface area contributed by atoms with Crippen LogP contribution in [0, 0.1) is 0 Å². The predicted octanol–water partition coefficient (Wildman–Crippen LogP) is 5.23. The van der Waals surface area contributed by atoms with Crippen LogP contribution in [0.4, 0.5) is 18.0 Å². The third kappa shape index (κ3) is 5.91. The van der Waals surface area contributed by atoms with Crippen LogP contribution in [0.5, 0.6) is 5.75 Å². The molecule has 0 radical (unpaired) electrons. The SMILES string of the molecule is CCOc1ccc(C(C)NC(=O)NC(C)c2cccc(C(F)(F)F)c2)cc1. The molecule has 2 amide bonds. The van der Waals surface area contributed by atoms with Gasteiger partial charge in [-0.05, 0) is 56.2 Å². The lowest BCUT2D eigenvalue weighted by Gasteiger charge is -2.19. The predicted molar refractivity (Wildman–Crippen MR) is 97.6 cm³/mol. The molecule has 0 saturated carbocycles. The molecule has 27 heavy (non-hydrogen) atoms. The van der Waals surface area contributed by atoms with E-state index in [2.05, 4.69) is 10.6 Å². The molecule has 0 saturated heterocycles. The van der Waals surface area contributed by atoms with Gasteiger partial charge in [0.2, 0.25) is 0 Å². The Morgan fingerprint density at radius 2 is 1.59 bits per heavy atom. The molecule has 2 rings (SSSR count). The zero-order valence-electron chi connectivity index (χ0n) is 15.4. The van der Waals surface area contributed by atoms with Gasteiger partial charge >= 0.3 is 12.2 Å². The Morgan fingerprint density at radius 1 is 1.00 bits per heavy atom. The minimum atomic E-state index is -4.42. The summed E-state index contributed by atoms with van der Waals surface area (Å²) in [5.74, 6) is 0.746. The maximum Gasteiger partial charge on any atom is 0.416 e. The van der Waals surface area contributed by atoms with E-state index in [1.54, 1.807) is 13.0 Å². The molecule has 0 aromatic heterocycles. The van der Waals surface area contributed by atoms with Crippen molar-refractivity contribution in [3.05, 3.63) is 65.2 Å². The molecule has 0 heterocycles. The molecule has 0 bridgehead atoms. The van der Waals surface area contributed by atoms with E-state index < -0.39 is 23.8 Å². The number of rotatable bonds is 6. The number of hydrogen-bond donors (Lipinski definition) is 2. The van der Waals surface area contributed by atoms with E-state index in [-0.39, 0.29) is 6.04 Å². The largest absolute Gasteiger partial charge is 0.494 e. The van der Waals surface area contributed by atoms with Gasteiger partial charge in [0.1, 0.15) is 5.75 Å². The number of halogens is 3. The van der Waals surface area contributed by atoms with Gasteiger partial charge in [0.15, 0.2) is 0 Å². The number of alkyl halides is 3. The van der Waals surface area contributed by atoms with Crippen LogP contribution < -0.4 is 15.4 Å². The van der Waals surface area contributed by atoms with Crippen molar-refractivity contribution in [2.75, 3.05) is 6.61 Å². The standard InChI is InChI=1S/C20H23F3N2O2/c1-4-27-18-10-8-15(9-11-18)13(2)24-19(26)25-14(3)16-6-5-7-17(12-16)20(21,22)23/h5-14H,4H2,1-3H3,(H2,24,25,26). The van der Waals surface area contributed by atoms with Gasteiger partial charge in [-0.3, -0.25) is 0 Å². The number of urea groups is 1. The molecule has 4 nitrogen and oxygen atoms in total. The van der Waals surface area contributed by atoms with Gasteiger partial charge < -0.3 is 15.4 Å². The van der Waals surface area contributed by atoms with Crippen molar-refractivity contribution in [3.8, 4) is 5.75 Å². The van der Waals surface area contributed by atoms with E-state index in [9.17, 15) is 18.0 Å². The zero-order valence-corrected chi connectivity index (χ0v) is 15.4. The van der Waals surface area contributed by atoms with E-state index in [0.717, 1.165) is 23.4 Å². The van der Waals surface area contributed by atoms with Gasteiger partial charge in [-0.2, -0.15) is 13.2 Å². The Balaban J connectivity index is 1.96. The smallest absolute Gasteiger partial charge is 0.416 e. The fourth-order valence-electron chi connectivity index (χ4n) is 2.61. The minimum Gasteiger partial charge on any atom is -0.494 e. The van der Waals surface area contributed by atoms with Crippen LogP contribution in [0.2, 0.25) is 0 Å². The highest BCUT2D eigenvalue weighted by Gasteiger charge is 2.30. The van der Waals surface area contributed by atoms with Gasteiger partial charge in [0.05, 0.1) is 24.3 Å². The van der Waals surface area contributed by atoms with Crippen LogP contribution in [-0.2, 0) is 6.18 Å². The second kappa shape index (κ2) is 8.79. The molecule has 146 valence electrons. The average Bonchev–Trinajstić information content (AvgIpc) is 2.61. The summed E-state index contributed by atoms with van der Waals surface area (Å²) in [6, 6.07) is 11.0. The first-order valence-electron chi connectivity index (χ1n) is 8.67. The van der Waals surface area contributed by atoms with Crippen molar-refractivity contribution in [3.63, 3.8) is 0 Å². The summed E-state index contributed by atoms with van der Waals surface area (Å²) < 4.78 is 43.8. The van der Waals surface area contributed by atoms with Crippen molar-refractivity contribution < 1.29 is 22.7 Å². The van der Waals surface area contributed by atoms with Gasteiger partial charge in [-0.25, -0.2) is 4.79 Å². The number of ether oxygens (including phenoxy) is 1. The highest BCUT2D eigenvalue weighted by Crippen LogP contribution is 2.30. The van der Waals surface area contributed by atoms with E-state index in [0.29, 0.717) is 12.2 Å². The maximum absolute atomic E-state index is 12.8. The molecule has 0 fully saturated rings. The summed E-state index contributed by atoms with van der Waals surface area (Å²) in [7, 11) is 0. The lowest BCUT2D eigenvalue weighted by molar-refractivity contribution is -0.137. The molecular weight excluding hydrogens is 357 g/mol. The molecule has 0 aliphatic rings. The summed E-state index contributed by atoms with van der Waals surface area (Å²) in [6.45, 7) is 5.93. The Kier molecular flexibility index (Phi) is 6.71. The van der Waals surface area contributed by atoms with Crippen LogP contribution in [-0.4, -0.2) is 12.6 Å². The first-order valence-corrected chi connectivity index (χ1v) is 8.67. The normalized spacial score (nSPS) is 13.6.